The molecule has 2 heterocycles. The third-order valence-electron chi connectivity index (χ3n) is 4.32. The fraction of sp³-hybridized carbons (Fsp3) is 0.444. The molecule has 3 N–H and O–H groups in total. The van der Waals surface area contributed by atoms with Crippen LogP contribution in [0.5, 0.6) is 0 Å². The van der Waals surface area contributed by atoms with Crippen LogP contribution < -0.4 is 10.6 Å². The Kier molecular flexibility index (Phi) is 5.27. The highest BCUT2D eigenvalue weighted by atomic mass is 16.4. The predicted octanol–water partition coefficient (Wildman–Crippen LogP) is 1.28. The molecule has 1 aromatic carbocycles. The Morgan fingerprint density at radius 3 is 2.88 bits per heavy atom. The number of aliphatic hydroxyl groups excluding tert-OH is 1. The SMILES string of the molecule is Cc1ccc(-c2cnc(CCC(=O)NCC3CNCC3O)o2)cc1. The number of aryl methyl sites for hydroxylation is 2. The summed E-state index contributed by atoms with van der Waals surface area (Å²) in [6, 6.07) is 8.04. The molecular weight excluding hydrogens is 306 g/mol. The van der Waals surface area contributed by atoms with Gasteiger partial charge >= 0.3 is 0 Å². The van der Waals surface area contributed by atoms with Gasteiger partial charge in [-0.05, 0) is 6.92 Å². The lowest BCUT2D eigenvalue weighted by Gasteiger charge is -2.13. The normalized spacial score (nSPS) is 20.2. The van der Waals surface area contributed by atoms with Crippen LogP contribution in [-0.2, 0) is 11.2 Å². The van der Waals surface area contributed by atoms with Crippen LogP contribution in [-0.4, -0.2) is 41.7 Å². The van der Waals surface area contributed by atoms with Crippen molar-refractivity contribution < 1.29 is 14.3 Å². The van der Waals surface area contributed by atoms with E-state index in [1.807, 2.05) is 31.2 Å². The Hall–Kier alpha value is -2.18. The van der Waals surface area contributed by atoms with Crippen molar-refractivity contribution >= 4 is 5.91 Å². The Balaban J connectivity index is 1.46. The predicted molar refractivity (Wildman–Crippen MR) is 90.4 cm³/mol. The molecule has 6 heteroatoms. The molecule has 0 radical (unpaired) electrons. The van der Waals surface area contributed by atoms with Gasteiger partial charge in [-0.1, -0.05) is 29.8 Å². The summed E-state index contributed by atoms with van der Waals surface area (Å²) in [5.41, 5.74) is 2.17. The van der Waals surface area contributed by atoms with Gasteiger partial charge in [-0.2, -0.15) is 0 Å². The van der Waals surface area contributed by atoms with Crippen LogP contribution in [0, 0.1) is 12.8 Å². The number of nitrogens with zero attached hydrogens (tertiary/aromatic N) is 1. The van der Waals surface area contributed by atoms with Crippen LogP contribution in [0.2, 0.25) is 0 Å². The standard InChI is InChI=1S/C18H23N3O3/c1-12-2-4-13(5-3-12)16-11-21-18(24-16)7-6-17(23)20-9-14-8-19-10-15(14)22/h2-5,11,14-15,19,22H,6-10H2,1H3,(H,20,23). The number of carbonyl (C=O) groups excluding carboxylic acids is 1. The molecule has 2 atom stereocenters. The molecule has 1 fully saturated rings. The third-order valence-corrected chi connectivity index (χ3v) is 4.32. The summed E-state index contributed by atoms with van der Waals surface area (Å²) in [6.07, 6.45) is 2.10. The van der Waals surface area contributed by atoms with E-state index >= 15 is 0 Å². The van der Waals surface area contributed by atoms with Crippen LogP contribution >= 0.6 is 0 Å². The minimum Gasteiger partial charge on any atom is -0.441 e. The van der Waals surface area contributed by atoms with E-state index in [4.69, 9.17) is 4.42 Å². The van der Waals surface area contributed by atoms with Crippen LogP contribution in [0.4, 0.5) is 0 Å². The van der Waals surface area contributed by atoms with E-state index in [-0.39, 0.29) is 17.9 Å². The number of rotatable bonds is 6. The first-order valence-electron chi connectivity index (χ1n) is 8.29. The molecule has 0 bridgehead atoms. The highest BCUT2D eigenvalue weighted by molar-refractivity contribution is 5.76. The third kappa shape index (κ3) is 4.21. The van der Waals surface area contributed by atoms with Crippen molar-refractivity contribution in [3.63, 3.8) is 0 Å². The monoisotopic (exact) mass is 329 g/mol. The number of carbonyl (C=O) groups is 1. The van der Waals surface area contributed by atoms with Gasteiger partial charge in [-0.15, -0.1) is 0 Å². The summed E-state index contributed by atoms with van der Waals surface area (Å²) in [4.78, 5) is 16.2. The second-order valence-corrected chi connectivity index (χ2v) is 6.27. The molecule has 1 amide bonds. The van der Waals surface area contributed by atoms with Crippen molar-refractivity contribution in [2.45, 2.75) is 25.9 Å². The van der Waals surface area contributed by atoms with Gasteiger partial charge in [0, 0.05) is 44.0 Å². The highest BCUT2D eigenvalue weighted by Crippen LogP contribution is 2.21. The number of oxazole rings is 1. The minimum absolute atomic E-state index is 0.0517. The van der Waals surface area contributed by atoms with Crippen molar-refractivity contribution in [2.75, 3.05) is 19.6 Å². The van der Waals surface area contributed by atoms with Crippen LogP contribution in [0.3, 0.4) is 0 Å². The lowest BCUT2D eigenvalue weighted by molar-refractivity contribution is -0.121. The molecule has 1 aliphatic heterocycles. The van der Waals surface area contributed by atoms with Crippen molar-refractivity contribution in [1.82, 2.24) is 15.6 Å². The van der Waals surface area contributed by atoms with Gasteiger partial charge in [0.2, 0.25) is 5.91 Å². The molecular formula is C18H23N3O3. The summed E-state index contributed by atoms with van der Waals surface area (Å²) >= 11 is 0. The Morgan fingerprint density at radius 2 is 2.17 bits per heavy atom. The zero-order valence-corrected chi connectivity index (χ0v) is 13.8. The summed E-state index contributed by atoms with van der Waals surface area (Å²) in [6.45, 7) is 3.86. The van der Waals surface area contributed by atoms with E-state index in [1.165, 1.54) is 5.56 Å². The van der Waals surface area contributed by atoms with E-state index in [1.54, 1.807) is 6.20 Å². The zero-order valence-electron chi connectivity index (χ0n) is 13.8. The number of amides is 1. The fourth-order valence-corrected chi connectivity index (χ4v) is 2.76. The van der Waals surface area contributed by atoms with E-state index in [9.17, 15) is 9.90 Å². The van der Waals surface area contributed by atoms with Gasteiger partial charge in [-0.3, -0.25) is 4.79 Å². The van der Waals surface area contributed by atoms with Crippen LogP contribution in [0.25, 0.3) is 11.3 Å². The molecule has 0 aliphatic carbocycles. The summed E-state index contributed by atoms with van der Waals surface area (Å²) in [5.74, 6) is 1.31. The lowest BCUT2D eigenvalue weighted by Crippen LogP contribution is -2.34. The van der Waals surface area contributed by atoms with Gasteiger partial charge in [0.15, 0.2) is 11.7 Å². The van der Waals surface area contributed by atoms with E-state index in [0.717, 1.165) is 12.1 Å². The maximum atomic E-state index is 11.9. The molecule has 2 unspecified atom stereocenters. The Labute approximate surface area is 141 Å². The average molecular weight is 329 g/mol. The first-order valence-corrected chi connectivity index (χ1v) is 8.29. The van der Waals surface area contributed by atoms with E-state index in [2.05, 4.69) is 15.6 Å². The molecule has 0 saturated carbocycles. The fourth-order valence-electron chi connectivity index (χ4n) is 2.76. The topological polar surface area (TPSA) is 87.4 Å². The molecule has 128 valence electrons. The minimum atomic E-state index is -0.380. The largest absolute Gasteiger partial charge is 0.441 e. The van der Waals surface area contributed by atoms with Crippen molar-refractivity contribution in [3.05, 3.63) is 41.9 Å². The summed E-state index contributed by atoms with van der Waals surface area (Å²) in [7, 11) is 0. The molecule has 6 nitrogen and oxygen atoms in total. The molecule has 24 heavy (non-hydrogen) atoms. The first kappa shape index (κ1) is 16.7. The van der Waals surface area contributed by atoms with Gasteiger partial charge < -0.3 is 20.2 Å². The molecule has 2 aromatic rings. The Bertz CT molecular complexity index is 681. The molecule has 0 spiro atoms. The lowest BCUT2D eigenvalue weighted by atomic mass is 10.1. The van der Waals surface area contributed by atoms with Gasteiger partial charge in [0.1, 0.15) is 0 Å². The second-order valence-electron chi connectivity index (χ2n) is 6.27. The first-order chi connectivity index (χ1) is 11.6. The van der Waals surface area contributed by atoms with Crippen LogP contribution in [0.1, 0.15) is 17.9 Å². The molecule has 1 aliphatic rings. The molecule has 1 aromatic heterocycles. The summed E-state index contributed by atoms with van der Waals surface area (Å²) in [5, 5.41) is 15.7. The average Bonchev–Trinajstić information content (AvgIpc) is 3.21. The van der Waals surface area contributed by atoms with Gasteiger partial charge in [0.25, 0.3) is 0 Å². The number of hydrogen-bond donors (Lipinski definition) is 3. The Morgan fingerprint density at radius 1 is 1.38 bits per heavy atom. The number of aliphatic hydroxyl groups is 1. The number of nitrogens with one attached hydrogen (secondary N) is 2. The number of hydrogen-bond acceptors (Lipinski definition) is 5. The number of benzene rings is 1. The van der Waals surface area contributed by atoms with E-state index in [0.29, 0.717) is 37.6 Å². The zero-order chi connectivity index (χ0) is 16.9. The summed E-state index contributed by atoms with van der Waals surface area (Å²) < 4.78 is 5.71. The highest BCUT2D eigenvalue weighted by Gasteiger charge is 2.24. The van der Waals surface area contributed by atoms with E-state index < -0.39 is 0 Å². The maximum absolute atomic E-state index is 11.9. The maximum Gasteiger partial charge on any atom is 0.220 e. The molecule has 1 saturated heterocycles. The number of aromatic nitrogens is 1. The smallest absolute Gasteiger partial charge is 0.220 e. The quantitative estimate of drug-likeness (QED) is 0.743. The molecule has 3 rings (SSSR count). The van der Waals surface area contributed by atoms with Gasteiger partial charge in [0.05, 0.1) is 12.3 Å². The van der Waals surface area contributed by atoms with Crippen LogP contribution in [0.15, 0.2) is 34.9 Å². The second kappa shape index (κ2) is 7.59. The van der Waals surface area contributed by atoms with Crippen molar-refractivity contribution in [1.29, 1.82) is 0 Å². The van der Waals surface area contributed by atoms with Crippen molar-refractivity contribution in [2.24, 2.45) is 5.92 Å². The van der Waals surface area contributed by atoms with Crippen molar-refractivity contribution in [3.8, 4) is 11.3 Å². The van der Waals surface area contributed by atoms with Gasteiger partial charge in [-0.25, -0.2) is 4.98 Å². The number of β-amino-alcohol motifs (C(OH)–C–C–N with tert-alkyl or cyclic N) is 1.